The predicted octanol–water partition coefficient (Wildman–Crippen LogP) is 6.15. The van der Waals surface area contributed by atoms with Crippen molar-refractivity contribution < 1.29 is 4.74 Å². The molecule has 0 aromatic heterocycles. The molecule has 0 amide bonds. The smallest absolute Gasteiger partial charge is 0.120 e. The summed E-state index contributed by atoms with van der Waals surface area (Å²) in [6.45, 7) is 5.45. The van der Waals surface area contributed by atoms with Crippen LogP contribution in [-0.2, 0) is 13.2 Å². The highest BCUT2D eigenvalue weighted by Gasteiger charge is 2.02. The Bertz CT molecular complexity index is 843. The standard InChI is InChI=1S/C22H22ClNO/c1-16-6-9-18(10-7-16)15-25-21-5-3-4-19(12-21)14-24-22-13-20(23)11-8-17(22)2/h3-13,24H,14-15H2,1-2H3. The molecule has 25 heavy (non-hydrogen) atoms. The van der Waals surface area contributed by atoms with E-state index in [1.807, 2.05) is 30.3 Å². The third kappa shape index (κ3) is 5.01. The minimum absolute atomic E-state index is 0.574. The first kappa shape index (κ1) is 17.4. The molecule has 0 aliphatic heterocycles. The molecule has 0 unspecified atom stereocenters. The van der Waals surface area contributed by atoms with E-state index in [1.54, 1.807) is 0 Å². The Morgan fingerprint density at radius 1 is 0.880 bits per heavy atom. The second kappa shape index (κ2) is 8.09. The van der Waals surface area contributed by atoms with Crippen LogP contribution in [0.3, 0.4) is 0 Å². The van der Waals surface area contributed by atoms with Gasteiger partial charge < -0.3 is 10.1 Å². The average Bonchev–Trinajstić information content (AvgIpc) is 2.62. The second-order valence-corrected chi connectivity index (χ2v) is 6.67. The van der Waals surface area contributed by atoms with Gasteiger partial charge in [0.2, 0.25) is 0 Å². The Labute approximate surface area is 154 Å². The molecule has 0 aliphatic rings. The van der Waals surface area contributed by atoms with Gasteiger partial charge in [-0.3, -0.25) is 0 Å². The number of hydrogen-bond donors (Lipinski definition) is 1. The van der Waals surface area contributed by atoms with Crippen LogP contribution in [0.1, 0.15) is 22.3 Å². The molecule has 128 valence electrons. The maximum atomic E-state index is 6.07. The molecule has 1 N–H and O–H groups in total. The van der Waals surface area contributed by atoms with E-state index in [4.69, 9.17) is 16.3 Å². The highest BCUT2D eigenvalue weighted by Crippen LogP contribution is 2.22. The third-order valence-electron chi connectivity index (χ3n) is 4.11. The fraction of sp³-hybridized carbons (Fsp3) is 0.182. The van der Waals surface area contributed by atoms with Crippen LogP contribution in [0.4, 0.5) is 5.69 Å². The van der Waals surface area contributed by atoms with Crippen LogP contribution in [-0.4, -0.2) is 0 Å². The highest BCUT2D eigenvalue weighted by atomic mass is 35.5. The monoisotopic (exact) mass is 351 g/mol. The molecule has 0 spiro atoms. The first-order valence-electron chi connectivity index (χ1n) is 8.37. The van der Waals surface area contributed by atoms with Gasteiger partial charge in [-0.25, -0.2) is 0 Å². The fourth-order valence-corrected chi connectivity index (χ4v) is 2.75. The van der Waals surface area contributed by atoms with Crippen molar-refractivity contribution in [3.63, 3.8) is 0 Å². The number of anilines is 1. The van der Waals surface area contributed by atoms with Gasteiger partial charge in [-0.05, 0) is 54.8 Å². The molecular formula is C22H22ClNO. The lowest BCUT2D eigenvalue weighted by molar-refractivity contribution is 0.306. The summed E-state index contributed by atoms with van der Waals surface area (Å²) in [5, 5.41) is 4.18. The van der Waals surface area contributed by atoms with Crippen molar-refractivity contribution in [3.8, 4) is 5.75 Å². The van der Waals surface area contributed by atoms with Crippen LogP contribution < -0.4 is 10.1 Å². The summed E-state index contributed by atoms with van der Waals surface area (Å²) in [6.07, 6.45) is 0. The summed E-state index contributed by atoms with van der Waals surface area (Å²) >= 11 is 6.07. The predicted molar refractivity (Wildman–Crippen MR) is 105 cm³/mol. The van der Waals surface area contributed by atoms with E-state index in [-0.39, 0.29) is 0 Å². The van der Waals surface area contributed by atoms with E-state index in [2.05, 4.69) is 55.6 Å². The van der Waals surface area contributed by atoms with Crippen molar-refractivity contribution in [2.24, 2.45) is 0 Å². The average molecular weight is 352 g/mol. The molecule has 0 atom stereocenters. The molecule has 3 aromatic rings. The number of nitrogens with one attached hydrogen (secondary N) is 1. The Kier molecular flexibility index (Phi) is 5.62. The van der Waals surface area contributed by atoms with Gasteiger partial charge in [-0.2, -0.15) is 0 Å². The van der Waals surface area contributed by atoms with Crippen molar-refractivity contribution in [1.29, 1.82) is 0 Å². The summed E-state index contributed by atoms with van der Waals surface area (Å²) < 4.78 is 5.92. The van der Waals surface area contributed by atoms with Crippen LogP contribution in [0.2, 0.25) is 5.02 Å². The molecule has 0 bridgehead atoms. The molecule has 3 rings (SSSR count). The molecule has 0 heterocycles. The maximum absolute atomic E-state index is 6.07. The highest BCUT2D eigenvalue weighted by molar-refractivity contribution is 6.30. The van der Waals surface area contributed by atoms with Crippen LogP contribution >= 0.6 is 11.6 Å². The summed E-state index contributed by atoms with van der Waals surface area (Å²) in [7, 11) is 0. The first-order chi connectivity index (χ1) is 12.1. The second-order valence-electron chi connectivity index (χ2n) is 6.23. The quantitative estimate of drug-likeness (QED) is 0.575. The summed E-state index contributed by atoms with van der Waals surface area (Å²) in [5.41, 5.74) is 5.83. The van der Waals surface area contributed by atoms with E-state index in [9.17, 15) is 0 Å². The lowest BCUT2D eigenvalue weighted by atomic mass is 10.1. The number of hydrogen-bond acceptors (Lipinski definition) is 2. The summed E-state index contributed by atoms with van der Waals surface area (Å²) in [4.78, 5) is 0. The minimum atomic E-state index is 0.574. The Balaban J connectivity index is 1.61. The SMILES string of the molecule is Cc1ccc(COc2cccc(CNc3cc(Cl)ccc3C)c2)cc1. The van der Waals surface area contributed by atoms with E-state index in [0.29, 0.717) is 6.61 Å². The molecule has 0 saturated carbocycles. The number of aryl methyl sites for hydroxylation is 2. The zero-order valence-electron chi connectivity index (χ0n) is 14.6. The molecule has 3 aromatic carbocycles. The van der Waals surface area contributed by atoms with Crippen molar-refractivity contribution in [2.75, 3.05) is 5.32 Å². The molecule has 0 saturated heterocycles. The molecule has 2 nitrogen and oxygen atoms in total. The van der Waals surface area contributed by atoms with Crippen LogP contribution in [0.5, 0.6) is 5.75 Å². The summed E-state index contributed by atoms with van der Waals surface area (Å²) in [6, 6.07) is 22.5. The number of halogens is 1. The fourth-order valence-electron chi connectivity index (χ4n) is 2.58. The van der Waals surface area contributed by atoms with Gasteiger partial charge in [0.05, 0.1) is 0 Å². The lowest BCUT2D eigenvalue weighted by Gasteiger charge is -2.12. The zero-order valence-corrected chi connectivity index (χ0v) is 15.3. The number of benzene rings is 3. The largest absolute Gasteiger partial charge is 0.489 e. The first-order valence-corrected chi connectivity index (χ1v) is 8.75. The third-order valence-corrected chi connectivity index (χ3v) is 4.34. The van der Waals surface area contributed by atoms with E-state index in [0.717, 1.165) is 23.0 Å². The van der Waals surface area contributed by atoms with Gasteiger partial charge in [0.15, 0.2) is 0 Å². The van der Waals surface area contributed by atoms with E-state index in [1.165, 1.54) is 22.3 Å². The van der Waals surface area contributed by atoms with Gasteiger partial charge in [-0.1, -0.05) is 59.6 Å². The molecule has 0 aliphatic carbocycles. The molecule has 0 radical (unpaired) electrons. The van der Waals surface area contributed by atoms with E-state index < -0.39 is 0 Å². The Morgan fingerprint density at radius 3 is 2.48 bits per heavy atom. The van der Waals surface area contributed by atoms with Gasteiger partial charge in [0.1, 0.15) is 12.4 Å². The molecular weight excluding hydrogens is 330 g/mol. The van der Waals surface area contributed by atoms with Crippen molar-refractivity contribution in [2.45, 2.75) is 27.0 Å². The van der Waals surface area contributed by atoms with Crippen molar-refractivity contribution in [3.05, 3.63) is 94.0 Å². The van der Waals surface area contributed by atoms with Crippen LogP contribution in [0.15, 0.2) is 66.7 Å². The van der Waals surface area contributed by atoms with Crippen LogP contribution in [0.25, 0.3) is 0 Å². The number of rotatable bonds is 6. The number of ether oxygens (including phenoxy) is 1. The van der Waals surface area contributed by atoms with Crippen molar-refractivity contribution in [1.82, 2.24) is 0 Å². The molecule has 3 heteroatoms. The Hall–Kier alpha value is -2.45. The lowest BCUT2D eigenvalue weighted by Crippen LogP contribution is -2.02. The van der Waals surface area contributed by atoms with Gasteiger partial charge in [0.25, 0.3) is 0 Å². The topological polar surface area (TPSA) is 21.3 Å². The maximum Gasteiger partial charge on any atom is 0.120 e. The van der Waals surface area contributed by atoms with Gasteiger partial charge in [0, 0.05) is 17.3 Å². The molecule has 0 fully saturated rings. The van der Waals surface area contributed by atoms with Crippen LogP contribution in [0, 0.1) is 13.8 Å². The Morgan fingerprint density at radius 2 is 1.68 bits per heavy atom. The van der Waals surface area contributed by atoms with Gasteiger partial charge >= 0.3 is 0 Å². The van der Waals surface area contributed by atoms with Crippen molar-refractivity contribution >= 4 is 17.3 Å². The zero-order chi connectivity index (χ0) is 17.6. The van der Waals surface area contributed by atoms with Gasteiger partial charge in [-0.15, -0.1) is 0 Å². The normalized spacial score (nSPS) is 10.5. The summed E-state index contributed by atoms with van der Waals surface area (Å²) in [5.74, 6) is 0.877. The minimum Gasteiger partial charge on any atom is -0.489 e. The van der Waals surface area contributed by atoms with E-state index >= 15 is 0 Å².